The molecule has 0 spiro atoms. The Morgan fingerprint density at radius 1 is 1.08 bits per heavy atom. The summed E-state index contributed by atoms with van der Waals surface area (Å²) >= 11 is 0. The Bertz CT molecular complexity index is 778. The van der Waals surface area contributed by atoms with Gasteiger partial charge in [-0.1, -0.05) is 60.7 Å². The normalized spacial score (nSPS) is 22.9. The third-order valence-electron chi connectivity index (χ3n) is 4.12. The van der Waals surface area contributed by atoms with Crippen molar-refractivity contribution in [3.05, 3.63) is 71.8 Å². The average Bonchev–Trinajstić information content (AvgIpc) is 2.93. The van der Waals surface area contributed by atoms with Gasteiger partial charge in [0.1, 0.15) is 17.9 Å². The topological polar surface area (TPSA) is 41.9 Å². The Hall–Kier alpha value is -2.83. The molecule has 2 aromatic rings. The van der Waals surface area contributed by atoms with E-state index < -0.39 is 23.7 Å². The van der Waals surface area contributed by atoms with Gasteiger partial charge in [0.05, 0.1) is 0 Å². The Morgan fingerprint density at radius 2 is 1.64 bits per heavy atom. The molecule has 1 aliphatic heterocycles. The van der Waals surface area contributed by atoms with Crippen LogP contribution in [0.1, 0.15) is 24.1 Å². The van der Waals surface area contributed by atoms with Crippen LogP contribution in [0.4, 0.5) is 13.2 Å². The number of benzene rings is 2. The first-order valence-corrected chi connectivity index (χ1v) is 7.55. The summed E-state index contributed by atoms with van der Waals surface area (Å²) in [5.74, 6) is -2.28. The SMILES string of the molecule is CC1(c2ccccc2)N=CN(OC(=O)C(F)(F)F)C1c1ccccc1. The molecule has 0 fully saturated rings. The van der Waals surface area contributed by atoms with Gasteiger partial charge < -0.3 is 4.84 Å². The van der Waals surface area contributed by atoms with E-state index in [2.05, 4.69) is 9.83 Å². The predicted octanol–water partition coefficient (Wildman–Crippen LogP) is 4.01. The lowest BCUT2D eigenvalue weighted by Gasteiger charge is -2.34. The molecule has 1 aliphatic rings. The van der Waals surface area contributed by atoms with Gasteiger partial charge in [-0.2, -0.15) is 18.2 Å². The van der Waals surface area contributed by atoms with E-state index in [-0.39, 0.29) is 0 Å². The molecule has 2 unspecified atom stereocenters. The van der Waals surface area contributed by atoms with Gasteiger partial charge in [0.15, 0.2) is 0 Å². The van der Waals surface area contributed by atoms with Gasteiger partial charge in [0, 0.05) is 0 Å². The van der Waals surface area contributed by atoms with Crippen molar-refractivity contribution < 1.29 is 22.8 Å². The van der Waals surface area contributed by atoms with Gasteiger partial charge >= 0.3 is 12.1 Å². The van der Waals surface area contributed by atoms with E-state index >= 15 is 0 Å². The van der Waals surface area contributed by atoms with Gasteiger partial charge in [-0.3, -0.25) is 4.99 Å². The molecule has 0 saturated carbocycles. The number of carbonyl (C=O) groups is 1. The summed E-state index contributed by atoms with van der Waals surface area (Å²) in [4.78, 5) is 20.2. The number of rotatable bonds is 3. The second-order valence-corrected chi connectivity index (χ2v) is 5.81. The summed E-state index contributed by atoms with van der Waals surface area (Å²) in [6.45, 7) is 1.79. The first-order chi connectivity index (χ1) is 11.8. The van der Waals surface area contributed by atoms with Crippen LogP contribution in [0.25, 0.3) is 0 Å². The smallest absolute Gasteiger partial charge is 0.331 e. The first-order valence-electron chi connectivity index (χ1n) is 7.55. The Kier molecular flexibility index (Phi) is 4.24. The summed E-state index contributed by atoms with van der Waals surface area (Å²) in [5.41, 5.74) is 0.570. The van der Waals surface area contributed by atoms with E-state index in [9.17, 15) is 18.0 Å². The Labute approximate surface area is 142 Å². The van der Waals surface area contributed by atoms with Crippen LogP contribution in [0.3, 0.4) is 0 Å². The third-order valence-corrected chi connectivity index (χ3v) is 4.12. The van der Waals surface area contributed by atoms with Crippen molar-refractivity contribution in [3.8, 4) is 0 Å². The van der Waals surface area contributed by atoms with E-state index in [0.717, 1.165) is 17.0 Å². The fourth-order valence-electron chi connectivity index (χ4n) is 2.90. The zero-order valence-corrected chi connectivity index (χ0v) is 13.3. The second-order valence-electron chi connectivity index (χ2n) is 5.81. The highest BCUT2D eigenvalue weighted by atomic mass is 19.4. The van der Waals surface area contributed by atoms with Crippen LogP contribution in [-0.4, -0.2) is 23.5 Å². The lowest BCUT2D eigenvalue weighted by atomic mass is 9.82. The average molecular weight is 348 g/mol. The Morgan fingerprint density at radius 3 is 2.20 bits per heavy atom. The van der Waals surface area contributed by atoms with Crippen molar-refractivity contribution in [3.63, 3.8) is 0 Å². The molecule has 0 aromatic heterocycles. The van der Waals surface area contributed by atoms with Gasteiger partial charge in [0.25, 0.3) is 0 Å². The minimum atomic E-state index is -5.08. The molecule has 1 heterocycles. The van der Waals surface area contributed by atoms with Crippen LogP contribution in [0, 0.1) is 0 Å². The van der Waals surface area contributed by atoms with Gasteiger partial charge in [-0.25, -0.2) is 4.79 Å². The van der Waals surface area contributed by atoms with Crippen LogP contribution in [-0.2, 0) is 15.2 Å². The highest BCUT2D eigenvalue weighted by molar-refractivity contribution is 5.77. The monoisotopic (exact) mass is 348 g/mol. The van der Waals surface area contributed by atoms with E-state index in [1.807, 2.05) is 30.3 Å². The van der Waals surface area contributed by atoms with Gasteiger partial charge in [-0.15, -0.1) is 0 Å². The predicted molar refractivity (Wildman–Crippen MR) is 85.5 cm³/mol. The van der Waals surface area contributed by atoms with E-state index in [0.29, 0.717) is 5.56 Å². The molecule has 3 rings (SSSR count). The van der Waals surface area contributed by atoms with Crippen molar-refractivity contribution in [2.24, 2.45) is 4.99 Å². The Balaban J connectivity index is 2.01. The molecule has 0 amide bonds. The quantitative estimate of drug-likeness (QED) is 0.842. The van der Waals surface area contributed by atoms with E-state index in [1.165, 1.54) is 0 Å². The third kappa shape index (κ3) is 3.22. The molecular weight excluding hydrogens is 333 g/mol. The van der Waals surface area contributed by atoms with Gasteiger partial charge in [0.2, 0.25) is 0 Å². The van der Waals surface area contributed by atoms with Crippen molar-refractivity contribution in [1.29, 1.82) is 0 Å². The summed E-state index contributed by atoms with van der Waals surface area (Å²) < 4.78 is 37.8. The van der Waals surface area contributed by atoms with E-state index in [4.69, 9.17) is 0 Å². The van der Waals surface area contributed by atoms with E-state index in [1.54, 1.807) is 37.3 Å². The fourth-order valence-corrected chi connectivity index (χ4v) is 2.90. The molecule has 130 valence electrons. The molecule has 0 radical (unpaired) electrons. The second kappa shape index (κ2) is 6.23. The number of aliphatic imine (C=N–C) groups is 1. The van der Waals surface area contributed by atoms with Crippen LogP contribution in [0.2, 0.25) is 0 Å². The molecule has 0 saturated heterocycles. The molecule has 4 nitrogen and oxygen atoms in total. The minimum absolute atomic E-state index is 0.682. The number of nitrogens with zero attached hydrogens (tertiary/aromatic N) is 2. The summed E-state index contributed by atoms with van der Waals surface area (Å²) in [5, 5.41) is 0.873. The minimum Gasteiger partial charge on any atom is -0.331 e. The molecule has 7 heteroatoms. The maximum absolute atomic E-state index is 12.6. The maximum atomic E-state index is 12.6. The molecule has 25 heavy (non-hydrogen) atoms. The van der Waals surface area contributed by atoms with Crippen LogP contribution >= 0.6 is 0 Å². The molecule has 0 N–H and O–H groups in total. The van der Waals surface area contributed by atoms with Crippen LogP contribution in [0.5, 0.6) is 0 Å². The zero-order chi connectivity index (χ0) is 18.1. The summed E-state index contributed by atoms with van der Waals surface area (Å²) in [7, 11) is 0. The molecule has 0 bridgehead atoms. The van der Waals surface area contributed by atoms with Crippen molar-refractivity contribution in [1.82, 2.24) is 5.06 Å². The van der Waals surface area contributed by atoms with Crippen LogP contribution < -0.4 is 0 Å². The zero-order valence-electron chi connectivity index (χ0n) is 13.3. The van der Waals surface area contributed by atoms with Crippen molar-refractivity contribution >= 4 is 12.3 Å². The highest BCUT2D eigenvalue weighted by Gasteiger charge is 2.49. The van der Waals surface area contributed by atoms with Gasteiger partial charge in [-0.05, 0) is 18.1 Å². The standard InChI is InChI=1S/C18H15F3N2O2/c1-17(14-10-6-3-7-11-14)15(13-8-4-2-5-9-13)23(12-22-17)25-16(24)18(19,20)21/h2-12,15H,1H3. The fraction of sp³-hybridized carbons (Fsp3) is 0.222. The number of hydrogen-bond acceptors (Lipinski definition) is 4. The molecular formula is C18H15F3N2O2. The number of hydroxylamine groups is 2. The molecule has 2 aromatic carbocycles. The van der Waals surface area contributed by atoms with Crippen molar-refractivity contribution in [2.75, 3.05) is 0 Å². The summed E-state index contributed by atoms with van der Waals surface area (Å²) in [6.07, 6.45) is -3.95. The first kappa shape index (κ1) is 17.0. The maximum Gasteiger partial charge on any atom is 0.493 e. The summed E-state index contributed by atoms with van der Waals surface area (Å²) in [6, 6.07) is 17.3. The lowest BCUT2D eigenvalue weighted by Crippen LogP contribution is -2.39. The number of hydrogen-bond donors (Lipinski definition) is 0. The highest BCUT2D eigenvalue weighted by Crippen LogP contribution is 2.45. The van der Waals surface area contributed by atoms with Crippen LogP contribution in [0.15, 0.2) is 65.7 Å². The van der Waals surface area contributed by atoms with Crippen molar-refractivity contribution in [2.45, 2.75) is 24.7 Å². The largest absolute Gasteiger partial charge is 0.493 e. The molecule has 0 aliphatic carbocycles. The number of carbonyl (C=O) groups excluding carboxylic acids is 1. The molecule has 2 atom stereocenters. The lowest BCUT2D eigenvalue weighted by molar-refractivity contribution is -0.230. The number of halogens is 3. The number of alkyl halides is 3.